The zero-order chi connectivity index (χ0) is 33.4. The second-order valence-corrected chi connectivity index (χ2v) is 10.8. The average molecular weight is 644 g/mol. The number of carbonyl (C=O) groups excluding carboxylic acids is 1. The molecule has 0 radical (unpaired) electrons. The van der Waals surface area contributed by atoms with Crippen LogP contribution in [-0.4, -0.2) is 117 Å². The van der Waals surface area contributed by atoms with E-state index in [0.717, 1.165) is 63.5 Å². The van der Waals surface area contributed by atoms with Gasteiger partial charge in [0.05, 0.1) is 18.0 Å². The predicted molar refractivity (Wildman–Crippen MR) is 167 cm³/mol. The van der Waals surface area contributed by atoms with Gasteiger partial charge in [0.1, 0.15) is 0 Å². The van der Waals surface area contributed by atoms with Crippen molar-refractivity contribution in [3.05, 3.63) is 72.3 Å². The summed E-state index contributed by atoms with van der Waals surface area (Å²) < 4.78 is 0. The smallest absolute Gasteiger partial charge is 0.328 e. The summed E-state index contributed by atoms with van der Waals surface area (Å²) >= 11 is 1.78. The molecule has 2 aliphatic heterocycles. The molecule has 45 heavy (non-hydrogen) atoms. The van der Waals surface area contributed by atoms with E-state index in [1.807, 2.05) is 12.1 Å². The maximum absolute atomic E-state index is 11.9. The van der Waals surface area contributed by atoms with Crippen LogP contribution in [0, 0.1) is 0 Å². The highest BCUT2D eigenvalue weighted by molar-refractivity contribution is 7.99. The molecule has 13 nitrogen and oxygen atoms in total. The van der Waals surface area contributed by atoms with Gasteiger partial charge in [0, 0.05) is 78.9 Å². The van der Waals surface area contributed by atoms with Crippen LogP contribution in [0.4, 0.5) is 11.4 Å². The van der Waals surface area contributed by atoms with Crippen molar-refractivity contribution in [1.29, 1.82) is 0 Å². The highest BCUT2D eigenvalue weighted by Crippen LogP contribution is 2.48. The van der Waals surface area contributed by atoms with Crippen molar-refractivity contribution in [3.8, 4) is 0 Å². The maximum atomic E-state index is 11.9. The molecule has 242 valence electrons. The number of fused-ring (bicyclic) bond motifs is 2. The Labute approximate surface area is 264 Å². The Kier molecular flexibility index (Phi) is 15.5. The monoisotopic (exact) mass is 643 g/mol. The van der Waals surface area contributed by atoms with E-state index in [2.05, 4.69) is 45.0 Å². The first-order valence-corrected chi connectivity index (χ1v) is 14.8. The first-order valence-electron chi connectivity index (χ1n) is 13.9. The van der Waals surface area contributed by atoms with Gasteiger partial charge in [-0.15, -0.1) is 0 Å². The maximum Gasteiger partial charge on any atom is 0.328 e. The van der Waals surface area contributed by atoms with Crippen LogP contribution < -0.4 is 4.90 Å². The van der Waals surface area contributed by atoms with E-state index in [-0.39, 0.29) is 12.4 Å². The second kappa shape index (κ2) is 19.0. The number of piperazine rings is 1. The van der Waals surface area contributed by atoms with Crippen molar-refractivity contribution in [1.82, 2.24) is 9.80 Å². The lowest BCUT2D eigenvalue weighted by Crippen LogP contribution is -2.47. The number of nitrogens with zero attached hydrogens (tertiary/aromatic N) is 3. The molecular weight excluding hydrogens is 606 g/mol. The molecule has 0 saturated carbocycles. The van der Waals surface area contributed by atoms with Gasteiger partial charge in [-0.25, -0.2) is 19.2 Å². The van der Waals surface area contributed by atoms with Gasteiger partial charge in [0.15, 0.2) is 5.78 Å². The standard InChI is InChI=1S/C23H29N3O2S.2C4H4O4/c1-18(28)19-7-8-23-21(17-19)26(20-5-2-3-6-22(20)29-23)10-4-9-24-11-13-25(14-12-24)15-16-27;2*5-3(6)1-2-4(7)8/h2-3,5-8,17,27H,4,9-16H2,1H3;2*1-2H,(H,5,6)(H,7,8)/b;2*2-1+. The molecule has 2 heterocycles. The number of hydrogen-bond donors (Lipinski definition) is 5. The molecule has 0 aromatic heterocycles. The van der Waals surface area contributed by atoms with Crippen LogP contribution in [0.3, 0.4) is 0 Å². The van der Waals surface area contributed by atoms with Gasteiger partial charge >= 0.3 is 23.9 Å². The Morgan fingerprint density at radius 2 is 1.18 bits per heavy atom. The Balaban J connectivity index is 0.000000365. The fourth-order valence-electron chi connectivity index (χ4n) is 4.40. The van der Waals surface area contributed by atoms with Crippen LogP contribution in [0.15, 0.2) is 76.6 Å². The zero-order valence-corrected chi connectivity index (χ0v) is 25.6. The highest BCUT2D eigenvalue weighted by atomic mass is 32.2. The molecule has 0 atom stereocenters. The van der Waals surface area contributed by atoms with Gasteiger partial charge in [-0.2, -0.15) is 0 Å². The van der Waals surface area contributed by atoms with Gasteiger partial charge < -0.3 is 35.3 Å². The van der Waals surface area contributed by atoms with Crippen LogP contribution in [-0.2, 0) is 19.2 Å². The van der Waals surface area contributed by atoms with E-state index in [1.54, 1.807) is 18.7 Å². The van der Waals surface area contributed by atoms with E-state index >= 15 is 0 Å². The Morgan fingerprint density at radius 1 is 0.689 bits per heavy atom. The molecule has 0 bridgehead atoms. The van der Waals surface area contributed by atoms with Crippen molar-refractivity contribution in [2.75, 3.05) is 57.3 Å². The van der Waals surface area contributed by atoms with E-state index in [0.29, 0.717) is 24.3 Å². The number of Topliss-reactive ketones (excluding diaryl/α,β-unsaturated/α-hetero) is 1. The largest absolute Gasteiger partial charge is 0.478 e. The summed E-state index contributed by atoms with van der Waals surface area (Å²) in [7, 11) is 0. The molecule has 0 spiro atoms. The summed E-state index contributed by atoms with van der Waals surface area (Å²) in [5.74, 6) is -4.92. The second-order valence-electron chi connectivity index (χ2n) is 9.74. The molecule has 14 heteroatoms. The number of carboxylic acid groups (broad SMARTS) is 4. The van der Waals surface area contributed by atoms with Crippen molar-refractivity contribution >= 4 is 52.8 Å². The lowest BCUT2D eigenvalue weighted by Gasteiger charge is -2.36. The van der Waals surface area contributed by atoms with Crippen LogP contribution >= 0.6 is 11.8 Å². The molecule has 0 unspecified atom stereocenters. The number of β-amino-alcohol motifs (C(OH)–C–C–N with tert-alkyl or cyclic N) is 1. The van der Waals surface area contributed by atoms with Crippen molar-refractivity contribution in [2.24, 2.45) is 0 Å². The molecule has 2 aromatic carbocycles. The first-order chi connectivity index (χ1) is 21.4. The fraction of sp³-hybridized carbons (Fsp3) is 0.323. The SMILES string of the molecule is CC(=O)c1ccc2c(c1)N(CCCN1CCN(CCO)CC1)c1ccccc1S2.O=C(O)/C=C/C(=O)O.O=C(O)/C=C/C(=O)O. The van der Waals surface area contributed by atoms with Gasteiger partial charge in [0.2, 0.25) is 0 Å². The fourth-order valence-corrected chi connectivity index (χ4v) is 5.48. The van der Waals surface area contributed by atoms with E-state index < -0.39 is 23.9 Å². The number of carboxylic acids is 4. The van der Waals surface area contributed by atoms with Crippen molar-refractivity contribution < 1.29 is 49.5 Å². The molecule has 1 saturated heterocycles. The summed E-state index contributed by atoms with van der Waals surface area (Å²) in [6.07, 6.45) is 3.30. The number of carbonyl (C=O) groups is 5. The molecule has 0 amide bonds. The number of para-hydroxylation sites is 1. The topological polar surface area (TPSA) is 196 Å². The van der Waals surface area contributed by atoms with Gasteiger partial charge in [-0.3, -0.25) is 9.69 Å². The number of ketones is 1. The first kappa shape index (κ1) is 36.7. The summed E-state index contributed by atoms with van der Waals surface area (Å²) in [4.78, 5) is 59.9. The van der Waals surface area contributed by atoms with Gasteiger partial charge in [-0.05, 0) is 44.2 Å². The van der Waals surface area contributed by atoms with Crippen LogP contribution in [0.25, 0.3) is 0 Å². The summed E-state index contributed by atoms with van der Waals surface area (Å²) in [6, 6.07) is 14.6. The number of rotatable bonds is 11. The zero-order valence-electron chi connectivity index (χ0n) is 24.7. The third-order valence-electron chi connectivity index (χ3n) is 6.51. The van der Waals surface area contributed by atoms with E-state index in [1.165, 1.54) is 15.5 Å². The normalized spacial score (nSPS) is 14.4. The van der Waals surface area contributed by atoms with Crippen LogP contribution in [0.2, 0.25) is 0 Å². The molecule has 0 aliphatic carbocycles. The van der Waals surface area contributed by atoms with Crippen molar-refractivity contribution in [2.45, 2.75) is 23.1 Å². The Bertz CT molecular complexity index is 1340. The number of hydrogen-bond acceptors (Lipinski definition) is 10. The lowest BCUT2D eigenvalue weighted by atomic mass is 10.1. The predicted octanol–water partition coefficient (Wildman–Crippen LogP) is 2.92. The molecule has 1 fully saturated rings. The number of aliphatic hydroxyl groups is 1. The molecular formula is C31H37N3O10S. The average Bonchev–Trinajstić information content (AvgIpc) is 3.00. The molecule has 2 aromatic rings. The highest BCUT2D eigenvalue weighted by Gasteiger charge is 2.24. The third-order valence-corrected chi connectivity index (χ3v) is 7.64. The van der Waals surface area contributed by atoms with Crippen LogP contribution in [0.5, 0.6) is 0 Å². The Hall–Kier alpha value is -4.50. The van der Waals surface area contributed by atoms with Crippen LogP contribution in [0.1, 0.15) is 23.7 Å². The Morgan fingerprint density at radius 3 is 1.67 bits per heavy atom. The van der Waals surface area contributed by atoms with E-state index in [4.69, 9.17) is 25.5 Å². The molecule has 2 aliphatic rings. The number of aliphatic hydroxyl groups excluding tert-OH is 1. The summed E-state index contributed by atoms with van der Waals surface area (Å²) in [5.41, 5.74) is 3.15. The van der Waals surface area contributed by atoms with Crippen molar-refractivity contribution in [3.63, 3.8) is 0 Å². The minimum absolute atomic E-state index is 0.109. The number of anilines is 2. The third kappa shape index (κ3) is 13.4. The number of benzene rings is 2. The molecule has 4 rings (SSSR count). The minimum Gasteiger partial charge on any atom is -0.478 e. The number of aliphatic carboxylic acids is 4. The molecule has 5 N–H and O–H groups in total. The summed E-state index contributed by atoms with van der Waals surface area (Å²) in [6.45, 7) is 8.87. The minimum atomic E-state index is -1.26. The van der Waals surface area contributed by atoms with Gasteiger partial charge in [0.25, 0.3) is 0 Å². The summed E-state index contributed by atoms with van der Waals surface area (Å²) in [5, 5.41) is 40.3. The lowest BCUT2D eigenvalue weighted by molar-refractivity contribution is -0.134. The van der Waals surface area contributed by atoms with E-state index in [9.17, 15) is 24.0 Å². The quantitative estimate of drug-likeness (QED) is 0.177. The van der Waals surface area contributed by atoms with Gasteiger partial charge in [-0.1, -0.05) is 30.0 Å².